The number of aliphatic imine (C=N–C) groups is 1. The quantitative estimate of drug-likeness (QED) is 0.485. The van der Waals surface area contributed by atoms with Gasteiger partial charge in [0.25, 0.3) is 0 Å². The van der Waals surface area contributed by atoms with E-state index in [1.165, 1.54) is 5.56 Å². The molecule has 0 spiro atoms. The number of nitrogens with one attached hydrogen (secondary N) is 2. The van der Waals surface area contributed by atoms with Gasteiger partial charge in [-0.15, -0.1) is 0 Å². The minimum atomic E-state index is -0.0252. The molecule has 1 heterocycles. The maximum absolute atomic E-state index is 5.77. The van der Waals surface area contributed by atoms with Crippen LogP contribution in [0.4, 0.5) is 0 Å². The average molecular weight is 328 g/mol. The highest BCUT2D eigenvalue weighted by Gasteiger charge is 2.19. The molecule has 130 valence electrons. The second-order valence-corrected chi connectivity index (χ2v) is 6.81. The lowest BCUT2D eigenvalue weighted by atomic mass is 9.94. The maximum atomic E-state index is 5.77. The number of aryl methyl sites for hydroxylation is 1. The Balaban J connectivity index is 1.71. The van der Waals surface area contributed by atoms with E-state index < -0.39 is 0 Å². The van der Waals surface area contributed by atoms with Crippen molar-refractivity contribution in [2.45, 2.75) is 45.6 Å². The normalized spacial score (nSPS) is 12.2. The van der Waals surface area contributed by atoms with Gasteiger partial charge in [0, 0.05) is 19.0 Å². The Morgan fingerprint density at radius 1 is 1.17 bits per heavy atom. The minimum absolute atomic E-state index is 0.0252. The van der Waals surface area contributed by atoms with Gasteiger partial charge in [0.05, 0.1) is 12.7 Å². The van der Waals surface area contributed by atoms with Gasteiger partial charge in [-0.25, -0.2) is 4.98 Å². The smallest absolute Gasteiger partial charge is 0.213 e. The van der Waals surface area contributed by atoms with E-state index in [0.717, 1.165) is 31.1 Å². The van der Waals surface area contributed by atoms with E-state index in [1.807, 2.05) is 6.07 Å². The maximum Gasteiger partial charge on any atom is 0.213 e. The van der Waals surface area contributed by atoms with E-state index in [0.29, 0.717) is 12.4 Å². The molecule has 5 heteroatoms. The molecule has 0 aliphatic rings. The van der Waals surface area contributed by atoms with Crippen molar-refractivity contribution in [3.05, 3.63) is 53.7 Å². The lowest BCUT2D eigenvalue weighted by molar-refractivity contribution is 0.379. The second kappa shape index (κ2) is 8.52. The van der Waals surface area contributed by atoms with Crippen LogP contribution in [0.25, 0.3) is 0 Å². The van der Waals surface area contributed by atoms with E-state index in [1.54, 1.807) is 13.2 Å². The number of hydrogen-bond donors (Lipinski definition) is 2. The van der Waals surface area contributed by atoms with Crippen LogP contribution in [0.5, 0.6) is 0 Å². The summed E-state index contributed by atoms with van der Waals surface area (Å²) in [6, 6.07) is 10.5. The van der Waals surface area contributed by atoms with Crippen molar-refractivity contribution < 1.29 is 4.42 Å². The standard InChI is InChI=1S/C19H28N4O/c1-19(2,3)16-13-22-17(24-16)14-23-18(20-4)21-12-8-11-15-9-6-5-7-10-15/h5-7,9-10,13H,8,11-12,14H2,1-4H3,(H2,20,21,23). The van der Waals surface area contributed by atoms with E-state index >= 15 is 0 Å². The molecule has 0 bridgehead atoms. The molecule has 2 N–H and O–H groups in total. The number of oxazole rings is 1. The molecule has 0 unspecified atom stereocenters. The largest absolute Gasteiger partial charge is 0.443 e. The molecule has 0 aliphatic carbocycles. The topological polar surface area (TPSA) is 62.5 Å². The summed E-state index contributed by atoms with van der Waals surface area (Å²) < 4.78 is 5.77. The number of benzene rings is 1. The molecular weight excluding hydrogens is 300 g/mol. The lowest BCUT2D eigenvalue weighted by Gasteiger charge is -2.13. The lowest BCUT2D eigenvalue weighted by Crippen LogP contribution is -2.37. The third kappa shape index (κ3) is 5.72. The number of aromatic nitrogens is 1. The van der Waals surface area contributed by atoms with E-state index in [-0.39, 0.29) is 5.41 Å². The summed E-state index contributed by atoms with van der Waals surface area (Å²) in [6.07, 6.45) is 3.91. The summed E-state index contributed by atoms with van der Waals surface area (Å²) in [5.74, 6) is 2.33. The monoisotopic (exact) mass is 328 g/mol. The summed E-state index contributed by atoms with van der Waals surface area (Å²) in [5, 5.41) is 6.55. The van der Waals surface area contributed by atoms with Crippen LogP contribution in [0.3, 0.4) is 0 Å². The van der Waals surface area contributed by atoms with Gasteiger partial charge in [0.15, 0.2) is 5.96 Å². The molecule has 0 aliphatic heterocycles. The third-order valence-corrected chi connectivity index (χ3v) is 3.70. The minimum Gasteiger partial charge on any atom is -0.443 e. The number of guanidine groups is 1. The van der Waals surface area contributed by atoms with E-state index in [9.17, 15) is 0 Å². The zero-order valence-electron chi connectivity index (χ0n) is 15.1. The van der Waals surface area contributed by atoms with Gasteiger partial charge in [0.2, 0.25) is 5.89 Å². The fourth-order valence-electron chi connectivity index (χ4n) is 2.26. The number of nitrogens with zero attached hydrogens (tertiary/aromatic N) is 2. The van der Waals surface area contributed by atoms with Crippen LogP contribution in [0.2, 0.25) is 0 Å². The zero-order valence-corrected chi connectivity index (χ0v) is 15.1. The first-order valence-corrected chi connectivity index (χ1v) is 8.42. The molecule has 2 aromatic rings. The molecule has 5 nitrogen and oxygen atoms in total. The van der Waals surface area contributed by atoms with Crippen molar-refractivity contribution in [3.63, 3.8) is 0 Å². The molecule has 24 heavy (non-hydrogen) atoms. The Bertz CT molecular complexity index is 641. The predicted molar refractivity (Wildman–Crippen MR) is 98.2 cm³/mol. The molecule has 0 atom stereocenters. The fourth-order valence-corrected chi connectivity index (χ4v) is 2.26. The Kier molecular flexibility index (Phi) is 6.41. The highest BCUT2D eigenvalue weighted by atomic mass is 16.4. The number of rotatable bonds is 6. The molecule has 2 rings (SSSR count). The van der Waals surface area contributed by atoms with Crippen molar-refractivity contribution in [2.24, 2.45) is 4.99 Å². The van der Waals surface area contributed by atoms with Crippen molar-refractivity contribution >= 4 is 5.96 Å². The van der Waals surface area contributed by atoms with Crippen LogP contribution in [0.15, 0.2) is 45.9 Å². The molecule has 0 saturated heterocycles. The molecule has 0 amide bonds. The SMILES string of the molecule is CN=C(NCCCc1ccccc1)NCc1ncc(C(C)(C)C)o1. The predicted octanol–water partition coefficient (Wildman–Crippen LogP) is 3.27. The Hall–Kier alpha value is -2.30. The Labute approximate surface area is 144 Å². The number of hydrogen-bond acceptors (Lipinski definition) is 3. The summed E-state index contributed by atoms with van der Waals surface area (Å²) in [5.41, 5.74) is 1.33. The second-order valence-electron chi connectivity index (χ2n) is 6.81. The van der Waals surface area contributed by atoms with Crippen LogP contribution < -0.4 is 10.6 Å². The summed E-state index contributed by atoms with van der Waals surface area (Å²) in [4.78, 5) is 8.54. The molecule has 0 saturated carbocycles. The highest BCUT2D eigenvalue weighted by Crippen LogP contribution is 2.22. The average Bonchev–Trinajstić information content (AvgIpc) is 3.04. The van der Waals surface area contributed by atoms with Crippen molar-refractivity contribution in [1.29, 1.82) is 0 Å². The van der Waals surface area contributed by atoms with Crippen LogP contribution in [-0.2, 0) is 18.4 Å². The first-order valence-electron chi connectivity index (χ1n) is 8.42. The first kappa shape index (κ1) is 18.0. The van der Waals surface area contributed by atoms with Gasteiger partial charge < -0.3 is 15.1 Å². The first-order chi connectivity index (χ1) is 11.5. The van der Waals surface area contributed by atoms with Gasteiger partial charge in [-0.05, 0) is 18.4 Å². The van der Waals surface area contributed by atoms with Gasteiger partial charge in [0.1, 0.15) is 5.76 Å². The zero-order chi connectivity index (χ0) is 17.4. The third-order valence-electron chi connectivity index (χ3n) is 3.70. The van der Waals surface area contributed by atoms with Crippen LogP contribution >= 0.6 is 0 Å². The molecule has 0 fully saturated rings. The summed E-state index contributed by atoms with van der Waals surface area (Å²) in [6.45, 7) is 7.72. The van der Waals surface area contributed by atoms with Gasteiger partial charge in [-0.2, -0.15) is 0 Å². The van der Waals surface area contributed by atoms with Crippen LogP contribution in [0.1, 0.15) is 44.4 Å². The van der Waals surface area contributed by atoms with E-state index in [2.05, 4.69) is 65.6 Å². The van der Waals surface area contributed by atoms with Crippen molar-refractivity contribution in [1.82, 2.24) is 15.6 Å². The van der Waals surface area contributed by atoms with Crippen molar-refractivity contribution in [3.8, 4) is 0 Å². The van der Waals surface area contributed by atoms with Gasteiger partial charge >= 0.3 is 0 Å². The van der Waals surface area contributed by atoms with Gasteiger partial charge in [-0.1, -0.05) is 51.1 Å². The van der Waals surface area contributed by atoms with Crippen LogP contribution in [0, 0.1) is 0 Å². The molecule has 1 aromatic carbocycles. The van der Waals surface area contributed by atoms with Crippen molar-refractivity contribution in [2.75, 3.05) is 13.6 Å². The Morgan fingerprint density at radius 2 is 1.92 bits per heavy atom. The Morgan fingerprint density at radius 3 is 2.54 bits per heavy atom. The fraction of sp³-hybridized carbons (Fsp3) is 0.474. The van der Waals surface area contributed by atoms with Crippen LogP contribution in [-0.4, -0.2) is 24.5 Å². The molecule has 0 radical (unpaired) electrons. The summed E-state index contributed by atoms with van der Waals surface area (Å²) in [7, 11) is 1.77. The summed E-state index contributed by atoms with van der Waals surface area (Å²) >= 11 is 0. The highest BCUT2D eigenvalue weighted by molar-refractivity contribution is 5.79. The van der Waals surface area contributed by atoms with E-state index in [4.69, 9.17) is 4.42 Å². The molecular formula is C19H28N4O. The van der Waals surface area contributed by atoms with Gasteiger partial charge in [-0.3, -0.25) is 4.99 Å². The molecule has 1 aromatic heterocycles.